The molecule has 2 amide bonds. The van der Waals surface area contributed by atoms with Crippen LogP contribution in [0.2, 0.25) is 0 Å². The van der Waals surface area contributed by atoms with E-state index in [2.05, 4.69) is 24.8 Å². The molecule has 4 heterocycles. The van der Waals surface area contributed by atoms with E-state index in [-0.39, 0.29) is 29.0 Å². The molecule has 2 aliphatic heterocycles. The van der Waals surface area contributed by atoms with Crippen LogP contribution in [0.25, 0.3) is 6.08 Å². The van der Waals surface area contributed by atoms with Crippen LogP contribution in [-0.2, 0) is 24.0 Å². The van der Waals surface area contributed by atoms with E-state index in [1.54, 1.807) is 19.3 Å². The molecule has 6 rings (SSSR count). The van der Waals surface area contributed by atoms with E-state index < -0.39 is 35.3 Å². The lowest BCUT2D eigenvalue weighted by Crippen LogP contribution is -2.71. The molecule has 2 aromatic carbocycles. The highest BCUT2D eigenvalue weighted by Gasteiger charge is 2.55. The Morgan fingerprint density at radius 2 is 1.86 bits per heavy atom. The zero-order chi connectivity index (χ0) is 34.2. The highest BCUT2D eigenvalue weighted by atomic mass is 32.2. The van der Waals surface area contributed by atoms with Gasteiger partial charge in [-0.2, -0.15) is 9.36 Å². The van der Waals surface area contributed by atoms with Crippen LogP contribution in [0.15, 0.2) is 107 Å². The van der Waals surface area contributed by atoms with Gasteiger partial charge in [0.05, 0.1) is 0 Å². The van der Waals surface area contributed by atoms with Gasteiger partial charge in [0, 0.05) is 35.4 Å². The Kier molecular flexibility index (Phi) is 11.0. The molecule has 1 saturated heterocycles. The number of nitrogen functional groups attached to an aromatic ring is 1. The normalized spacial score (nSPS) is 17.6. The number of thioether (sulfide) groups is 2. The van der Waals surface area contributed by atoms with Crippen molar-refractivity contribution in [3.8, 4) is 0 Å². The van der Waals surface area contributed by atoms with Crippen LogP contribution in [-0.4, -0.2) is 72.3 Å². The van der Waals surface area contributed by atoms with E-state index in [1.165, 1.54) is 28.4 Å². The standard InChI is InChI=1S/C34H31N7O5S3/c1-2-45-39-25(29-38-34(35)49-40-29)30(42)37-26-31(43)41-27(24(20-48-32(26)41)19-47-17-15-21-10-9-16-36-18-21)33(44)46-28(22-11-5-3-6-12-22)23-13-7-4-8-14-23/h3-18,26,28,32H,2,19-20H2,1H3,(H,37,42)(H2,35,38,40)/b17-15-,39-25+/t26?,32-/m1/s1. The SMILES string of the molecule is CCO/N=C(/C(=O)NC1C(=O)N2C(C(=O)OC(c3ccccc3)c3ccccc3)=C(CS/C=C\c3cccnc3)CS[C@H]12)c1nsc(N)n1. The molecule has 4 aromatic rings. The number of amides is 2. The number of carbonyl (C=O) groups excluding carboxylic acids is 3. The largest absolute Gasteiger partial charge is 0.448 e. The molecule has 12 nitrogen and oxygen atoms in total. The lowest BCUT2D eigenvalue weighted by molar-refractivity contribution is -0.154. The molecule has 0 bridgehead atoms. The van der Waals surface area contributed by atoms with Crippen LogP contribution in [0.3, 0.4) is 0 Å². The van der Waals surface area contributed by atoms with Gasteiger partial charge >= 0.3 is 5.97 Å². The predicted molar refractivity (Wildman–Crippen MR) is 191 cm³/mol. The molecule has 2 aromatic heterocycles. The molecule has 0 spiro atoms. The molecule has 1 fully saturated rings. The van der Waals surface area contributed by atoms with Gasteiger partial charge in [-0.3, -0.25) is 19.5 Å². The summed E-state index contributed by atoms with van der Waals surface area (Å²) in [6, 6.07) is 21.7. The lowest BCUT2D eigenvalue weighted by atomic mass is 10.0. The molecular weight excluding hydrogens is 683 g/mol. The number of β-lactam (4-membered cyclic amide) rings is 1. The molecule has 49 heavy (non-hydrogen) atoms. The van der Waals surface area contributed by atoms with Crippen LogP contribution in [0, 0.1) is 0 Å². The summed E-state index contributed by atoms with van der Waals surface area (Å²) in [6.07, 6.45) is 4.68. The maximum absolute atomic E-state index is 14.2. The third kappa shape index (κ3) is 7.85. The van der Waals surface area contributed by atoms with Gasteiger partial charge in [-0.15, -0.1) is 23.5 Å². The lowest BCUT2D eigenvalue weighted by Gasteiger charge is -2.49. The number of carbonyl (C=O) groups is 3. The number of anilines is 1. The summed E-state index contributed by atoms with van der Waals surface area (Å²) in [5.41, 5.74) is 8.96. The second kappa shape index (κ2) is 15.9. The molecule has 0 saturated carbocycles. The first-order valence-corrected chi connectivity index (χ1v) is 18.1. The minimum absolute atomic E-state index is 0.0101. The average molecular weight is 714 g/mol. The van der Waals surface area contributed by atoms with Crippen molar-refractivity contribution < 1.29 is 24.0 Å². The third-order valence-electron chi connectivity index (χ3n) is 7.41. The van der Waals surface area contributed by atoms with Crippen LogP contribution in [0.5, 0.6) is 0 Å². The van der Waals surface area contributed by atoms with E-state index in [1.807, 2.05) is 84.3 Å². The number of esters is 1. The zero-order valence-corrected chi connectivity index (χ0v) is 28.6. The summed E-state index contributed by atoms with van der Waals surface area (Å²) < 4.78 is 10.3. The third-order valence-corrected chi connectivity index (χ3v) is 10.1. The van der Waals surface area contributed by atoms with Crippen molar-refractivity contribution >= 4 is 69.8 Å². The fourth-order valence-corrected chi connectivity index (χ4v) is 7.83. The molecule has 15 heteroatoms. The Labute approximate surface area is 295 Å². The van der Waals surface area contributed by atoms with Gasteiger partial charge in [0.2, 0.25) is 11.5 Å². The van der Waals surface area contributed by atoms with Gasteiger partial charge in [-0.05, 0) is 46.7 Å². The minimum Gasteiger partial charge on any atom is -0.448 e. The summed E-state index contributed by atoms with van der Waals surface area (Å²) in [5.74, 6) is -0.926. The molecule has 2 atom stereocenters. The Bertz CT molecular complexity index is 1850. The molecule has 0 aliphatic carbocycles. The number of ether oxygens (including phenoxy) is 1. The first kappa shape index (κ1) is 33.9. The maximum Gasteiger partial charge on any atom is 0.356 e. The van der Waals surface area contributed by atoms with E-state index >= 15 is 0 Å². The summed E-state index contributed by atoms with van der Waals surface area (Å²) in [4.78, 5) is 56.2. The minimum atomic E-state index is -0.943. The number of benzene rings is 2. The number of fused-ring (bicyclic) bond motifs is 1. The van der Waals surface area contributed by atoms with Crippen LogP contribution < -0.4 is 11.1 Å². The van der Waals surface area contributed by atoms with Gasteiger partial charge in [0.25, 0.3) is 11.8 Å². The van der Waals surface area contributed by atoms with Gasteiger partial charge in [0.15, 0.2) is 11.2 Å². The second-order valence-corrected chi connectivity index (χ2v) is 13.4. The molecule has 250 valence electrons. The summed E-state index contributed by atoms with van der Waals surface area (Å²) in [5, 5.41) is 8.14. The van der Waals surface area contributed by atoms with Crippen molar-refractivity contribution in [3.05, 3.63) is 124 Å². The van der Waals surface area contributed by atoms with Crippen molar-refractivity contribution in [3.63, 3.8) is 0 Å². The second-order valence-electron chi connectivity index (χ2n) is 10.6. The van der Waals surface area contributed by atoms with Crippen molar-refractivity contribution in [1.82, 2.24) is 24.6 Å². The average Bonchev–Trinajstić information content (AvgIpc) is 3.57. The fraction of sp³-hybridized carbons (Fsp3) is 0.206. The van der Waals surface area contributed by atoms with Crippen LogP contribution >= 0.6 is 35.1 Å². The van der Waals surface area contributed by atoms with Gasteiger partial charge in [-0.1, -0.05) is 71.9 Å². The number of rotatable bonds is 13. The maximum atomic E-state index is 14.2. The van der Waals surface area contributed by atoms with Crippen LogP contribution in [0.4, 0.5) is 5.13 Å². The smallest absolute Gasteiger partial charge is 0.356 e. The number of hydrogen-bond acceptors (Lipinski definition) is 13. The molecule has 0 radical (unpaired) electrons. The van der Waals surface area contributed by atoms with E-state index in [0.717, 1.165) is 33.8 Å². The van der Waals surface area contributed by atoms with Crippen LogP contribution in [0.1, 0.15) is 35.5 Å². The van der Waals surface area contributed by atoms with Crippen molar-refractivity contribution in [2.75, 3.05) is 23.8 Å². The Morgan fingerprint density at radius 3 is 2.49 bits per heavy atom. The fourth-order valence-electron chi connectivity index (χ4n) is 5.13. The number of pyridine rings is 1. The number of oxime groups is 1. The van der Waals surface area contributed by atoms with Gasteiger partial charge in [0.1, 0.15) is 23.7 Å². The van der Waals surface area contributed by atoms with Gasteiger partial charge < -0.3 is 20.6 Å². The number of nitrogens with one attached hydrogen (secondary N) is 1. The Morgan fingerprint density at radius 1 is 1.12 bits per heavy atom. The number of aromatic nitrogens is 3. The molecule has 2 aliphatic rings. The molecule has 1 unspecified atom stereocenters. The zero-order valence-electron chi connectivity index (χ0n) is 26.2. The quantitative estimate of drug-likeness (QED) is 0.0859. The number of hydrogen-bond donors (Lipinski definition) is 2. The Hall–Kier alpha value is -4.99. The first-order valence-electron chi connectivity index (χ1n) is 15.2. The number of nitrogens with zero attached hydrogens (tertiary/aromatic N) is 5. The monoisotopic (exact) mass is 713 g/mol. The van der Waals surface area contributed by atoms with Crippen molar-refractivity contribution in [2.24, 2.45) is 5.16 Å². The van der Waals surface area contributed by atoms with Crippen molar-refractivity contribution in [2.45, 2.75) is 24.4 Å². The summed E-state index contributed by atoms with van der Waals surface area (Å²) in [7, 11) is 0. The summed E-state index contributed by atoms with van der Waals surface area (Å²) >= 11 is 3.85. The molecule has 3 N–H and O–H groups in total. The van der Waals surface area contributed by atoms with Gasteiger partial charge in [-0.25, -0.2) is 4.79 Å². The van der Waals surface area contributed by atoms with Crippen molar-refractivity contribution in [1.29, 1.82) is 0 Å². The topological polar surface area (TPSA) is 162 Å². The van der Waals surface area contributed by atoms with E-state index in [4.69, 9.17) is 15.3 Å². The Balaban J connectivity index is 1.27. The van der Waals surface area contributed by atoms with E-state index in [9.17, 15) is 14.4 Å². The first-order chi connectivity index (χ1) is 23.9. The summed E-state index contributed by atoms with van der Waals surface area (Å²) in [6.45, 7) is 1.91. The molecular formula is C34H31N7O5S3. The highest BCUT2D eigenvalue weighted by Crippen LogP contribution is 2.42. The predicted octanol–water partition coefficient (Wildman–Crippen LogP) is 4.65. The van der Waals surface area contributed by atoms with E-state index in [0.29, 0.717) is 11.5 Å². The highest BCUT2D eigenvalue weighted by molar-refractivity contribution is 8.02. The number of nitrogens with two attached hydrogens (primary N) is 1.